The van der Waals surface area contributed by atoms with Crippen LogP contribution in [0.15, 0.2) is 18.2 Å². The Morgan fingerprint density at radius 2 is 2.25 bits per heavy atom. The van der Waals surface area contributed by atoms with E-state index < -0.39 is 0 Å². The lowest BCUT2D eigenvalue weighted by atomic mass is 10.1. The predicted octanol–water partition coefficient (Wildman–Crippen LogP) is 1.86. The van der Waals surface area contributed by atoms with Gasteiger partial charge in [0.1, 0.15) is 11.8 Å². The lowest BCUT2D eigenvalue weighted by molar-refractivity contribution is -0.117. The molecule has 86 valence electrons. The van der Waals surface area contributed by atoms with E-state index in [0.29, 0.717) is 0 Å². The van der Waals surface area contributed by atoms with E-state index in [-0.39, 0.29) is 11.9 Å². The van der Waals surface area contributed by atoms with E-state index in [2.05, 4.69) is 5.32 Å². The summed E-state index contributed by atoms with van der Waals surface area (Å²) in [5, 5.41) is 2.91. The number of nitrogens with one attached hydrogen (secondary N) is 1. The number of ether oxygens (including phenoxy) is 1. The van der Waals surface area contributed by atoms with Crippen LogP contribution in [-0.4, -0.2) is 26.1 Å². The molecular weight excluding hydrogens is 204 g/mol. The van der Waals surface area contributed by atoms with Crippen LogP contribution < -0.4 is 15.0 Å². The Bertz CT molecular complexity index is 417. The third-order valence-electron chi connectivity index (χ3n) is 3.00. The van der Waals surface area contributed by atoms with Gasteiger partial charge in [-0.25, -0.2) is 0 Å². The van der Waals surface area contributed by atoms with Crippen molar-refractivity contribution < 1.29 is 9.53 Å². The van der Waals surface area contributed by atoms with Crippen LogP contribution in [0, 0.1) is 0 Å². The average molecular weight is 220 g/mol. The Kier molecular flexibility index (Phi) is 2.73. The normalized spacial score (nSPS) is 19.1. The fourth-order valence-electron chi connectivity index (χ4n) is 2.06. The summed E-state index contributed by atoms with van der Waals surface area (Å²) in [5.41, 5.74) is 1.85. The summed E-state index contributed by atoms with van der Waals surface area (Å²) in [6.45, 7) is 2.01. The van der Waals surface area contributed by atoms with E-state index in [1.807, 2.05) is 37.1 Å². The zero-order chi connectivity index (χ0) is 11.7. The summed E-state index contributed by atoms with van der Waals surface area (Å²) in [7, 11) is 3.58. The number of hydrogen-bond acceptors (Lipinski definition) is 3. The van der Waals surface area contributed by atoms with Crippen LogP contribution in [0.2, 0.25) is 0 Å². The van der Waals surface area contributed by atoms with Crippen molar-refractivity contribution in [1.82, 2.24) is 0 Å². The van der Waals surface area contributed by atoms with Crippen LogP contribution in [0.4, 0.5) is 11.4 Å². The van der Waals surface area contributed by atoms with E-state index in [1.165, 1.54) is 0 Å². The van der Waals surface area contributed by atoms with Crippen molar-refractivity contribution in [2.75, 3.05) is 24.4 Å². The number of rotatable bonds is 2. The molecule has 0 aliphatic carbocycles. The third kappa shape index (κ3) is 1.60. The summed E-state index contributed by atoms with van der Waals surface area (Å²) >= 11 is 0. The van der Waals surface area contributed by atoms with Gasteiger partial charge in [0.15, 0.2) is 0 Å². The van der Waals surface area contributed by atoms with Crippen molar-refractivity contribution in [2.45, 2.75) is 19.4 Å². The van der Waals surface area contributed by atoms with Gasteiger partial charge in [0.25, 0.3) is 0 Å². The first-order chi connectivity index (χ1) is 7.67. The van der Waals surface area contributed by atoms with Gasteiger partial charge < -0.3 is 15.0 Å². The number of benzene rings is 1. The zero-order valence-corrected chi connectivity index (χ0v) is 9.78. The minimum atomic E-state index is -0.0976. The molecule has 1 aliphatic heterocycles. The lowest BCUT2D eigenvalue weighted by Crippen LogP contribution is -2.45. The molecule has 1 N–H and O–H groups in total. The number of hydrogen-bond donors (Lipinski definition) is 1. The lowest BCUT2D eigenvalue weighted by Gasteiger charge is -2.34. The first kappa shape index (κ1) is 10.8. The van der Waals surface area contributed by atoms with Gasteiger partial charge >= 0.3 is 0 Å². The number of amides is 1. The number of nitrogens with zero attached hydrogens (tertiary/aromatic N) is 1. The number of likely N-dealkylation sites (N-methyl/N-ethyl adjacent to an activating group) is 1. The summed E-state index contributed by atoms with van der Waals surface area (Å²) in [5.74, 6) is 0.860. The van der Waals surface area contributed by atoms with Gasteiger partial charge in [-0.3, -0.25) is 4.79 Å². The average Bonchev–Trinajstić information content (AvgIpc) is 2.29. The highest BCUT2D eigenvalue weighted by Gasteiger charge is 2.29. The van der Waals surface area contributed by atoms with Gasteiger partial charge in [-0.2, -0.15) is 0 Å². The maximum absolute atomic E-state index is 11.8. The first-order valence-electron chi connectivity index (χ1n) is 5.39. The van der Waals surface area contributed by atoms with Crippen molar-refractivity contribution in [3.8, 4) is 5.75 Å². The zero-order valence-electron chi connectivity index (χ0n) is 9.78. The first-order valence-corrected chi connectivity index (χ1v) is 5.39. The second kappa shape index (κ2) is 4.04. The van der Waals surface area contributed by atoms with E-state index in [4.69, 9.17) is 4.74 Å². The van der Waals surface area contributed by atoms with Crippen molar-refractivity contribution in [3.05, 3.63) is 18.2 Å². The van der Waals surface area contributed by atoms with E-state index in [0.717, 1.165) is 23.5 Å². The predicted molar refractivity (Wildman–Crippen MR) is 64.1 cm³/mol. The highest BCUT2D eigenvalue weighted by molar-refractivity contribution is 6.03. The molecule has 16 heavy (non-hydrogen) atoms. The molecule has 1 amide bonds. The highest BCUT2D eigenvalue weighted by Crippen LogP contribution is 2.34. The van der Waals surface area contributed by atoms with Gasteiger partial charge in [0.05, 0.1) is 18.5 Å². The van der Waals surface area contributed by atoms with Crippen molar-refractivity contribution in [3.63, 3.8) is 0 Å². The van der Waals surface area contributed by atoms with E-state index in [1.54, 1.807) is 7.11 Å². The minimum absolute atomic E-state index is 0.0580. The van der Waals surface area contributed by atoms with Gasteiger partial charge in [0, 0.05) is 13.1 Å². The van der Waals surface area contributed by atoms with Crippen LogP contribution in [-0.2, 0) is 4.79 Å². The molecule has 1 aromatic carbocycles. The Labute approximate surface area is 95.2 Å². The SMILES string of the molecule is CCC1C(=O)Nc2ccc(OC)cc2N1C. The maximum Gasteiger partial charge on any atom is 0.247 e. The number of methoxy groups -OCH3 is 1. The van der Waals surface area contributed by atoms with Crippen molar-refractivity contribution in [1.29, 1.82) is 0 Å². The summed E-state index contributed by atoms with van der Waals surface area (Å²) < 4.78 is 5.18. The quantitative estimate of drug-likeness (QED) is 0.827. The molecule has 4 heteroatoms. The summed E-state index contributed by atoms with van der Waals surface area (Å²) in [4.78, 5) is 13.8. The Morgan fingerprint density at radius 3 is 2.88 bits per heavy atom. The largest absolute Gasteiger partial charge is 0.497 e. The Balaban J connectivity index is 2.43. The molecule has 1 heterocycles. The molecule has 0 saturated carbocycles. The molecule has 1 atom stereocenters. The summed E-state index contributed by atoms with van der Waals surface area (Å²) in [6.07, 6.45) is 0.791. The van der Waals surface area contributed by atoms with Crippen LogP contribution in [0.1, 0.15) is 13.3 Å². The number of carbonyl (C=O) groups is 1. The second-order valence-corrected chi connectivity index (χ2v) is 3.91. The Morgan fingerprint density at radius 1 is 1.50 bits per heavy atom. The summed E-state index contributed by atoms with van der Waals surface area (Å²) in [6, 6.07) is 5.56. The van der Waals surface area contributed by atoms with E-state index >= 15 is 0 Å². The topological polar surface area (TPSA) is 41.6 Å². The molecule has 2 rings (SSSR count). The number of anilines is 2. The van der Waals surface area contributed by atoms with Gasteiger partial charge in [-0.1, -0.05) is 6.92 Å². The molecule has 0 radical (unpaired) electrons. The standard InChI is InChI=1S/C12H16N2O2/c1-4-10-12(15)13-9-6-5-8(16-3)7-11(9)14(10)2/h5-7,10H,4H2,1-3H3,(H,13,15). The van der Waals surface area contributed by atoms with Crippen LogP contribution in [0.5, 0.6) is 5.75 Å². The van der Waals surface area contributed by atoms with Crippen molar-refractivity contribution in [2.24, 2.45) is 0 Å². The molecule has 4 nitrogen and oxygen atoms in total. The monoisotopic (exact) mass is 220 g/mol. The molecule has 0 spiro atoms. The minimum Gasteiger partial charge on any atom is -0.497 e. The molecule has 0 bridgehead atoms. The van der Waals surface area contributed by atoms with Crippen LogP contribution in [0.3, 0.4) is 0 Å². The van der Waals surface area contributed by atoms with Crippen LogP contribution >= 0.6 is 0 Å². The fraction of sp³-hybridized carbons (Fsp3) is 0.417. The number of fused-ring (bicyclic) bond motifs is 1. The number of carbonyl (C=O) groups excluding carboxylic acids is 1. The Hall–Kier alpha value is -1.71. The molecule has 0 aromatic heterocycles. The maximum atomic E-state index is 11.8. The molecule has 1 aliphatic rings. The van der Waals surface area contributed by atoms with Gasteiger partial charge in [-0.15, -0.1) is 0 Å². The highest BCUT2D eigenvalue weighted by atomic mass is 16.5. The van der Waals surface area contributed by atoms with E-state index in [9.17, 15) is 4.79 Å². The third-order valence-corrected chi connectivity index (χ3v) is 3.00. The van der Waals surface area contributed by atoms with Crippen molar-refractivity contribution >= 4 is 17.3 Å². The molecule has 1 unspecified atom stereocenters. The van der Waals surface area contributed by atoms with Gasteiger partial charge in [0.2, 0.25) is 5.91 Å². The molecule has 1 aromatic rings. The molecular formula is C12H16N2O2. The van der Waals surface area contributed by atoms with Crippen LogP contribution in [0.25, 0.3) is 0 Å². The fourth-order valence-corrected chi connectivity index (χ4v) is 2.06. The molecule has 0 fully saturated rings. The smallest absolute Gasteiger partial charge is 0.247 e. The second-order valence-electron chi connectivity index (χ2n) is 3.91. The molecule has 0 saturated heterocycles. The van der Waals surface area contributed by atoms with Gasteiger partial charge in [-0.05, 0) is 18.6 Å².